The van der Waals surface area contributed by atoms with E-state index < -0.39 is 17.4 Å². The summed E-state index contributed by atoms with van der Waals surface area (Å²) in [6.07, 6.45) is 1.84. The van der Waals surface area contributed by atoms with Gasteiger partial charge in [0, 0.05) is 11.5 Å². The third-order valence-corrected chi connectivity index (χ3v) is 3.59. The molecular formula is C14H21NO4. The van der Waals surface area contributed by atoms with Crippen LogP contribution >= 0.6 is 0 Å². The lowest BCUT2D eigenvalue weighted by Crippen LogP contribution is -2.52. The summed E-state index contributed by atoms with van der Waals surface area (Å²) in [6, 6.07) is 4.04. The fourth-order valence-corrected chi connectivity index (χ4v) is 2.14. The highest BCUT2D eigenvalue weighted by molar-refractivity contribution is 5.80. The number of benzene rings is 1. The van der Waals surface area contributed by atoms with E-state index in [1.165, 1.54) is 18.2 Å². The summed E-state index contributed by atoms with van der Waals surface area (Å²) >= 11 is 0. The van der Waals surface area contributed by atoms with Crippen LogP contribution in [0.1, 0.15) is 44.6 Å². The number of aliphatic carboxylic acids is 1. The van der Waals surface area contributed by atoms with E-state index in [1.807, 2.05) is 6.92 Å². The first-order valence-electron chi connectivity index (χ1n) is 6.37. The molecule has 0 bridgehead atoms. The minimum atomic E-state index is -1.46. The van der Waals surface area contributed by atoms with Gasteiger partial charge in [0.05, 0.1) is 0 Å². The van der Waals surface area contributed by atoms with Gasteiger partial charge in [-0.3, -0.25) is 4.79 Å². The predicted octanol–water partition coefficient (Wildman–Crippen LogP) is 2.17. The number of aromatic hydroxyl groups is 2. The highest BCUT2D eigenvalue weighted by atomic mass is 16.4. The Morgan fingerprint density at radius 2 is 2.05 bits per heavy atom. The number of unbranched alkanes of at least 4 members (excludes halogenated alkanes) is 1. The molecule has 106 valence electrons. The van der Waals surface area contributed by atoms with Crippen LogP contribution in [0.15, 0.2) is 18.2 Å². The third-order valence-electron chi connectivity index (χ3n) is 3.59. The van der Waals surface area contributed by atoms with Gasteiger partial charge in [-0.05, 0) is 24.6 Å². The quantitative estimate of drug-likeness (QED) is 0.591. The molecule has 0 aliphatic carbocycles. The molecule has 0 aromatic heterocycles. The minimum Gasteiger partial charge on any atom is -0.508 e. The van der Waals surface area contributed by atoms with E-state index in [-0.39, 0.29) is 11.5 Å². The van der Waals surface area contributed by atoms with Gasteiger partial charge in [0.25, 0.3) is 0 Å². The zero-order valence-electron chi connectivity index (χ0n) is 11.3. The monoisotopic (exact) mass is 267 g/mol. The molecule has 19 heavy (non-hydrogen) atoms. The van der Waals surface area contributed by atoms with Crippen molar-refractivity contribution in [2.24, 2.45) is 5.73 Å². The van der Waals surface area contributed by atoms with Crippen LogP contribution in [0.2, 0.25) is 0 Å². The molecular weight excluding hydrogens is 246 g/mol. The number of phenols is 2. The third kappa shape index (κ3) is 3.17. The fraction of sp³-hybridized carbons (Fsp3) is 0.500. The van der Waals surface area contributed by atoms with Crippen molar-refractivity contribution >= 4 is 5.97 Å². The average molecular weight is 267 g/mol. The Labute approximate surface area is 112 Å². The Balaban J connectivity index is 3.15. The fourth-order valence-electron chi connectivity index (χ4n) is 2.14. The van der Waals surface area contributed by atoms with Crippen LogP contribution in [0, 0.1) is 0 Å². The van der Waals surface area contributed by atoms with Gasteiger partial charge in [0.1, 0.15) is 17.0 Å². The molecule has 0 amide bonds. The molecule has 0 spiro atoms. The van der Waals surface area contributed by atoms with E-state index in [0.717, 1.165) is 6.42 Å². The molecule has 1 aromatic rings. The molecule has 0 fully saturated rings. The lowest BCUT2D eigenvalue weighted by molar-refractivity contribution is -0.144. The zero-order valence-corrected chi connectivity index (χ0v) is 11.3. The first-order valence-corrected chi connectivity index (χ1v) is 6.37. The molecule has 0 heterocycles. The molecule has 2 atom stereocenters. The Morgan fingerprint density at radius 3 is 2.58 bits per heavy atom. The Bertz CT molecular complexity index is 461. The highest BCUT2D eigenvalue weighted by Gasteiger charge is 2.41. The van der Waals surface area contributed by atoms with Crippen LogP contribution in [-0.4, -0.2) is 26.8 Å². The maximum Gasteiger partial charge on any atom is 0.324 e. The molecule has 5 nitrogen and oxygen atoms in total. The topological polar surface area (TPSA) is 104 Å². The van der Waals surface area contributed by atoms with Crippen LogP contribution in [-0.2, 0) is 4.79 Å². The van der Waals surface area contributed by atoms with Crippen molar-refractivity contribution in [2.45, 2.75) is 44.6 Å². The molecule has 0 saturated heterocycles. The van der Waals surface area contributed by atoms with Crippen molar-refractivity contribution in [3.63, 3.8) is 0 Å². The lowest BCUT2D eigenvalue weighted by Gasteiger charge is -2.32. The summed E-state index contributed by atoms with van der Waals surface area (Å²) in [4.78, 5) is 11.5. The Kier molecular flexibility index (Phi) is 4.78. The molecule has 0 aliphatic heterocycles. The molecule has 1 aromatic carbocycles. The summed E-state index contributed by atoms with van der Waals surface area (Å²) in [5.41, 5.74) is 4.92. The van der Waals surface area contributed by atoms with Crippen molar-refractivity contribution in [1.29, 1.82) is 0 Å². The summed E-state index contributed by atoms with van der Waals surface area (Å²) in [5, 5.41) is 28.7. The maximum atomic E-state index is 11.5. The number of hydrogen-bond acceptors (Lipinski definition) is 4. The van der Waals surface area contributed by atoms with Gasteiger partial charge in [-0.1, -0.05) is 26.7 Å². The number of hydrogen-bond donors (Lipinski definition) is 4. The second-order valence-corrected chi connectivity index (χ2v) is 4.91. The number of phenolic OH excluding ortho intramolecular Hbond substituents is 2. The maximum absolute atomic E-state index is 11.5. The summed E-state index contributed by atoms with van der Waals surface area (Å²) in [5.74, 6) is -1.79. The molecule has 1 unspecified atom stereocenters. The normalized spacial score (nSPS) is 15.7. The number of nitrogens with two attached hydrogens (primary N) is 1. The van der Waals surface area contributed by atoms with Crippen LogP contribution in [0.4, 0.5) is 0 Å². The minimum absolute atomic E-state index is 0.0251. The van der Waals surface area contributed by atoms with Crippen LogP contribution in [0.25, 0.3) is 0 Å². The van der Waals surface area contributed by atoms with Crippen molar-refractivity contribution < 1.29 is 20.1 Å². The van der Waals surface area contributed by atoms with Gasteiger partial charge in [-0.15, -0.1) is 0 Å². The molecule has 1 rings (SSSR count). The van der Waals surface area contributed by atoms with Crippen LogP contribution in [0.5, 0.6) is 11.5 Å². The van der Waals surface area contributed by atoms with Crippen molar-refractivity contribution in [3.05, 3.63) is 23.8 Å². The number of carboxylic acids is 1. The van der Waals surface area contributed by atoms with E-state index in [9.17, 15) is 20.1 Å². The van der Waals surface area contributed by atoms with Gasteiger partial charge >= 0.3 is 5.97 Å². The summed E-state index contributed by atoms with van der Waals surface area (Å²) < 4.78 is 0. The standard InChI is InChI=1S/C14H21NO4/c1-3-4-7-14(15,13(18)19)9(2)11-8-10(16)5-6-12(11)17/h5-6,8-9,16-17H,3-4,7,15H2,1-2H3,(H,18,19)/t9?,14-/m0/s1. The molecule has 0 saturated carbocycles. The van der Waals surface area contributed by atoms with Crippen molar-refractivity contribution in [2.75, 3.05) is 0 Å². The van der Waals surface area contributed by atoms with Gasteiger partial charge in [-0.25, -0.2) is 0 Å². The van der Waals surface area contributed by atoms with E-state index in [1.54, 1.807) is 6.92 Å². The Hall–Kier alpha value is -1.75. The molecule has 5 heteroatoms. The number of carboxylic acid groups (broad SMARTS) is 1. The SMILES string of the molecule is CCCC[C@@](N)(C(=O)O)C(C)c1cc(O)ccc1O. The smallest absolute Gasteiger partial charge is 0.324 e. The first kappa shape index (κ1) is 15.3. The number of rotatable bonds is 6. The predicted molar refractivity (Wildman–Crippen MR) is 72.3 cm³/mol. The molecule has 5 N–H and O–H groups in total. The average Bonchev–Trinajstić information content (AvgIpc) is 2.37. The van der Waals surface area contributed by atoms with Crippen LogP contribution in [0.3, 0.4) is 0 Å². The summed E-state index contributed by atoms with van der Waals surface area (Å²) in [6.45, 7) is 3.61. The van der Waals surface area contributed by atoms with Gasteiger partial charge < -0.3 is 21.1 Å². The van der Waals surface area contributed by atoms with E-state index in [2.05, 4.69) is 0 Å². The van der Waals surface area contributed by atoms with Gasteiger partial charge in [0.15, 0.2) is 0 Å². The van der Waals surface area contributed by atoms with Gasteiger partial charge in [-0.2, -0.15) is 0 Å². The Morgan fingerprint density at radius 1 is 1.42 bits per heavy atom. The second-order valence-electron chi connectivity index (χ2n) is 4.91. The van der Waals surface area contributed by atoms with Gasteiger partial charge in [0.2, 0.25) is 0 Å². The molecule has 0 aliphatic rings. The number of carbonyl (C=O) groups is 1. The highest BCUT2D eigenvalue weighted by Crippen LogP contribution is 2.37. The zero-order chi connectivity index (χ0) is 14.6. The summed E-state index contributed by atoms with van der Waals surface area (Å²) in [7, 11) is 0. The van der Waals surface area contributed by atoms with Crippen LogP contribution < -0.4 is 5.73 Å². The van der Waals surface area contributed by atoms with Crippen molar-refractivity contribution in [1.82, 2.24) is 0 Å². The molecule has 0 radical (unpaired) electrons. The van der Waals surface area contributed by atoms with E-state index in [0.29, 0.717) is 18.4 Å². The first-order chi connectivity index (χ1) is 8.82. The van der Waals surface area contributed by atoms with E-state index in [4.69, 9.17) is 5.73 Å². The van der Waals surface area contributed by atoms with Crippen molar-refractivity contribution in [3.8, 4) is 11.5 Å². The largest absolute Gasteiger partial charge is 0.508 e. The van der Waals surface area contributed by atoms with E-state index >= 15 is 0 Å². The lowest BCUT2D eigenvalue weighted by atomic mass is 9.77. The second kappa shape index (κ2) is 5.93.